The van der Waals surface area contributed by atoms with Crippen molar-refractivity contribution in [3.05, 3.63) is 101 Å². The van der Waals surface area contributed by atoms with Crippen LogP contribution in [0.2, 0.25) is 16.6 Å². The molecule has 79 heavy (non-hydrogen) atoms. The molecule has 10 rings (SSSR count). The Labute approximate surface area is 464 Å². The highest BCUT2D eigenvalue weighted by atomic mass is 28.3. The summed E-state index contributed by atoms with van der Waals surface area (Å²) < 4.78 is 75.3. The van der Waals surface area contributed by atoms with Gasteiger partial charge in [0.1, 0.15) is 55.1 Å². The molecule has 6 aromatic rings. The first kappa shape index (κ1) is 55.7. The van der Waals surface area contributed by atoms with Crippen molar-refractivity contribution in [2.75, 3.05) is 56.8 Å². The van der Waals surface area contributed by atoms with Gasteiger partial charge >= 0.3 is 12.1 Å². The third kappa shape index (κ3) is 10.9. The molecule has 13 nitrogen and oxygen atoms in total. The Kier molecular flexibility index (Phi) is 15.6. The van der Waals surface area contributed by atoms with E-state index in [1.54, 1.807) is 14.2 Å². The largest absolute Gasteiger partial charge is 0.497 e. The Hall–Kier alpha value is -6.64. The zero-order valence-electron chi connectivity index (χ0n) is 47.6. The Morgan fingerprint density at radius 2 is 1.46 bits per heavy atom. The van der Waals surface area contributed by atoms with Crippen LogP contribution in [0.4, 0.5) is 29.7 Å². The summed E-state index contributed by atoms with van der Waals surface area (Å²) in [6.07, 6.45) is 2.01. The number of rotatable bonds is 15. The molecule has 4 aliphatic rings. The summed E-state index contributed by atoms with van der Waals surface area (Å²) in [5.41, 5.74) is 5.90. The maximum atomic E-state index is 18.7. The zero-order chi connectivity index (χ0) is 56.1. The Balaban J connectivity index is 1.18. The summed E-state index contributed by atoms with van der Waals surface area (Å²) in [6.45, 7) is 21.5. The molecule has 0 radical (unpaired) electrons. The van der Waals surface area contributed by atoms with Crippen molar-refractivity contribution >= 4 is 47.7 Å². The predicted molar refractivity (Wildman–Crippen MR) is 307 cm³/mol. The van der Waals surface area contributed by atoms with Crippen LogP contribution in [-0.4, -0.2) is 120 Å². The van der Waals surface area contributed by atoms with Crippen molar-refractivity contribution < 1.29 is 36.9 Å². The van der Waals surface area contributed by atoms with Crippen LogP contribution in [0.5, 0.6) is 17.5 Å². The third-order valence-electron chi connectivity index (χ3n) is 17.0. The molecule has 4 atom stereocenters. The molecule has 0 aliphatic carbocycles. The van der Waals surface area contributed by atoms with E-state index in [0.29, 0.717) is 83.7 Å². The Morgan fingerprint density at radius 1 is 0.835 bits per heavy atom. The highest BCUT2D eigenvalue weighted by Gasteiger charge is 2.50. The zero-order valence-corrected chi connectivity index (χ0v) is 48.6. The van der Waals surface area contributed by atoms with E-state index in [1.165, 1.54) is 6.07 Å². The number of methoxy groups -OCH3 is 2. The van der Waals surface area contributed by atoms with Crippen molar-refractivity contribution in [2.24, 2.45) is 0 Å². The minimum absolute atomic E-state index is 0.0225. The molecule has 0 unspecified atom stereocenters. The molecule has 4 saturated heterocycles. The number of alkyl halides is 1. The van der Waals surface area contributed by atoms with Gasteiger partial charge in [0.05, 0.1) is 48.6 Å². The fourth-order valence-electron chi connectivity index (χ4n) is 13.3. The van der Waals surface area contributed by atoms with Gasteiger partial charge < -0.3 is 28.7 Å². The van der Waals surface area contributed by atoms with E-state index in [2.05, 4.69) is 57.9 Å². The summed E-state index contributed by atoms with van der Waals surface area (Å²) in [7, 11) is 0.909. The number of carbonyl (C=O) groups excluding carboxylic acids is 1. The molecule has 4 aliphatic heterocycles. The standard InChI is InChI=1S/C62H75F3N8O5Si/c1-38(2)79(39(3)4,40(5)6)29-26-43-14-12-15-51-52(43)56(67-58(66-51)71(32-41-16-22-47(75-10)23-17-41)33-42-18-24-48(76-11)25-19-42)53-50(64)30-49-55(54(53)65)68-59(77-37-62-27-13-28-72(62)34-44(63)31-62)69-57(49)70-35-45-20-21-46(36-70)73(45)60(74)78-61(7,8)9/h12,14-19,22-25,30,38-40,44-46H,13,20-21,27-28,31-37H2,1-11H3/t44-,45-,46+,62+/m1/s1. The van der Waals surface area contributed by atoms with Gasteiger partial charge in [0.15, 0.2) is 5.82 Å². The van der Waals surface area contributed by atoms with E-state index < -0.39 is 48.7 Å². The normalized spacial score (nSPS) is 20.3. The molecule has 1 amide bonds. The Bertz CT molecular complexity index is 3210. The van der Waals surface area contributed by atoms with Gasteiger partial charge in [-0.3, -0.25) is 9.80 Å². The molecule has 418 valence electrons. The second-order valence-electron chi connectivity index (χ2n) is 24.1. The molecule has 17 heteroatoms. The first-order chi connectivity index (χ1) is 37.7. The van der Waals surface area contributed by atoms with Crippen molar-refractivity contribution in [2.45, 2.75) is 154 Å². The second kappa shape index (κ2) is 22.1. The Morgan fingerprint density at radius 3 is 2.04 bits per heavy atom. The van der Waals surface area contributed by atoms with E-state index >= 15 is 13.2 Å². The summed E-state index contributed by atoms with van der Waals surface area (Å²) in [5.74, 6) is 3.70. The van der Waals surface area contributed by atoms with Crippen LogP contribution in [-0.2, 0) is 17.8 Å². The van der Waals surface area contributed by atoms with E-state index in [4.69, 9.17) is 38.9 Å². The molecule has 2 aromatic heterocycles. The smallest absolute Gasteiger partial charge is 0.410 e. The molecule has 2 bridgehead atoms. The fraction of sp³-hybridized carbons (Fsp3) is 0.500. The van der Waals surface area contributed by atoms with Crippen LogP contribution in [0, 0.1) is 23.1 Å². The van der Waals surface area contributed by atoms with E-state index in [1.807, 2.05) is 102 Å². The quantitative estimate of drug-likeness (QED) is 0.0719. The van der Waals surface area contributed by atoms with Crippen LogP contribution in [0.15, 0.2) is 72.8 Å². The number of hydrogen-bond donors (Lipinski definition) is 0. The van der Waals surface area contributed by atoms with Crippen LogP contribution in [0.3, 0.4) is 0 Å². The van der Waals surface area contributed by atoms with Crippen LogP contribution in [0.25, 0.3) is 33.1 Å². The lowest BCUT2D eigenvalue weighted by Gasteiger charge is -2.42. The number of amides is 1. The van der Waals surface area contributed by atoms with Crippen LogP contribution in [0.1, 0.15) is 111 Å². The maximum Gasteiger partial charge on any atom is 0.410 e. The van der Waals surface area contributed by atoms with Crippen molar-refractivity contribution in [3.63, 3.8) is 0 Å². The third-order valence-corrected chi connectivity index (χ3v) is 23.3. The van der Waals surface area contributed by atoms with Gasteiger partial charge in [0, 0.05) is 55.5 Å². The van der Waals surface area contributed by atoms with Gasteiger partial charge in [-0.25, -0.2) is 27.9 Å². The lowest BCUT2D eigenvalue weighted by molar-refractivity contribution is 0.0122. The highest BCUT2D eigenvalue weighted by molar-refractivity contribution is 6.90. The van der Waals surface area contributed by atoms with Gasteiger partial charge in [0.2, 0.25) is 5.95 Å². The number of carbonyl (C=O) groups is 1. The number of piperazine rings is 1. The number of benzene rings is 4. The minimum Gasteiger partial charge on any atom is -0.497 e. The molecule has 0 N–H and O–H groups in total. The minimum atomic E-state index is -2.33. The number of nitrogens with zero attached hydrogens (tertiary/aromatic N) is 8. The van der Waals surface area contributed by atoms with Gasteiger partial charge in [-0.1, -0.05) is 77.8 Å². The number of fused-ring (bicyclic) bond motifs is 5. The molecule has 6 heterocycles. The van der Waals surface area contributed by atoms with Crippen molar-refractivity contribution in [1.82, 2.24) is 29.7 Å². The molecule has 4 fully saturated rings. The topological polar surface area (TPSA) is 119 Å². The molecule has 4 aromatic carbocycles. The molecule has 0 saturated carbocycles. The number of halogens is 3. The monoisotopic (exact) mass is 1100 g/mol. The number of aromatic nitrogens is 4. The van der Waals surface area contributed by atoms with Crippen LogP contribution < -0.4 is 24.0 Å². The lowest BCUT2D eigenvalue weighted by Crippen LogP contribution is -2.57. The fourth-order valence-corrected chi connectivity index (χ4v) is 18.5. The van der Waals surface area contributed by atoms with Gasteiger partial charge in [-0.2, -0.15) is 9.97 Å². The number of hydrogen-bond acceptors (Lipinski definition) is 12. The summed E-state index contributed by atoms with van der Waals surface area (Å²) >= 11 is 0. The average Bonchev–Trinajstić information content (AvgIpc) is 4.19. The first-order valence-electron chi connectivity index (χ1n) is 28.0. The number of ether oxygens (including phenoxy) is 4. The van der Waals surface area contributed by atoms with Crippen LogP contribution >= 0.6 is 0 Å². The molecule has 0 spiro atoms. The van der Waals surface area contributed by atoms with Gasteiger partial charge in [0.25, 0.3) is 0 Å². The predicted octanol–water partition coefficient (Wildman–Crippen LogP) is 12.9. The highest BCUT2D eigenvalue weighted by Crippen LogP contribution is 2.45. The number of anilines is 2. The van der Waals surface area contributed by atoms with Crippen molar-refractivity contribution in [1.29, 1.82) is 0 Å². The summed E-state index contributed by atoms with van der Waals surface area (Å²) in [6, 6.07) is 21.8. The van der Waals surface area contributed by atoms with Crippen molar-refractivity contribution in [3.8, 4) is 40.2 Å². The van der Waals surface area contributed by atoms with E-state index in [-0.39, 0.29) is 53.1 Å². The van der Waals surface area contributed by atoms with Gasteiger partial charge in [-0.15, -0.1) is 5.54 Å². The second-order valence-corrected chi connectivity index (χ2v) is 29.7. The molecular weight excluding hydrogens is 1020 g/mol. The van der Waals surface area contributed by atoms with E-state index in [9.17, 15) is 4.79 Å². The lowest BCUT2D eigenvalue weighted by atomic mass is 9.95. The van der Waals surface area contributed by atoms with Gasteiger partial charge in [-0.05, 0) is 123 Å². The van der Waals surface area contributed by atoms with E-state index in [0.717, 1.165) is 43.4 Å². The summed E-state index contributed by atoms with van der Waals surface area (Å²) in [5, 5.41) is 0.550. The molecular formula is C62H75F3N8O5Si. The summed E-state index contributed by atoms with van der Waals surface area (Å²) in [4.78, 5) is 41.9. The maximum absolute atomic E-state index is 18.7. The SMILES string of the molecule is COc1ccc(CN(Cc2ccc(OC)cc2)c2nc(-c3c(F)cc4c(N5C[C@H]6CC[C@@H](C5)N6C(=O)OC(C)(C)C)nc(OC[C@@]56CCCN5C[C@H](F)C6)nc4c3F)c3c(C#C[Si](C(C)C)(C(C)C)C(C)C)cccc3n2)cc1. The average molecular weight is 1100 g/mol. The first-order valence-corrected chi connectivity index (χ1v) is 30.3.